The summed E-state index contributed by atoms with van der Waals surface area (Å²) >= 11 is 2.24. The van der Waals surface area contributed by atoms with Crippen molar-refractivity contribution in [2.24, 2.45) is 0 Å². The molecule has 3 nitrogen and oxygen atoms in total. The number of methoxy groups -OCH3 is 1. The van der Waals surface area contributed by atoms with Gasteiger partial charge >= 0.3 is 5.97 Å². The zero-order valence-electron chi connectivity index (χ0n) is 17.7. The van der Waals surface area contributed by atoms with Gasteiger partial charge in [-0.05, 0) is 32.3 Å². The van der Waals surface area contributed by atoms with E-state index in [0.717, 1.165) is 12.8 Å². The molecule has 0 radical (unpaired) electrons. The van der Waals surface area contributed by atoms with Crippen molar-refractivity contribution in [1.82, 2.24) is 0 Å². The minimum atomic E-state index is -2.61. The van der Waals surface area contributed by atoms with Crippen LogP contribution in [-0.4, -0.2) is 27.5 Å². The van der Waals surface area contributed by atoms with E-state index in [1.807, 2.05) is 4.08 Å². The van der Waals surface area contributed by atoms with Gasteiger partial charge in [0.2, 0.25) is 0 Å². The molecule has 2 rings (SSSR count). The first kappa shape index (κ1) is 23.8. The van der Waals surface area contributed by atoms with E-state index in [4.69, 9.17) is 9.16 Å². The molecule has 0 aliphatic heterocycles. The molecule has 0 unspecified atom stereocenters. The summed E-state index contributed by atoms with van der Waals surface area (Å²) < 4.78 is 13.9. The Bertz CT molecular complexity index is 745. The summed E-state index contributed by atoms with van der Waals surface area (Å²) in [5.74, 6) is -0.173. The quantitative estimate of drug-likeness (QED) is 0.257. The topological polar surface area (TPSA) is 35.5 Å². The summed E-state index contributed by atoms with van der Waals surface area (Å²) in [6.45, 7) is 6.83. The molecule has 0 bridgehead atoms. The van der Waals surface area contributed by atoms with E-state index in [-0.39, 0.29) is 17.1 Å². The number of carbonyl (C=O) groups is 1. The van der Waals surface area contributed by atoms with Crippen LogP contribution in [0.5, 0.6) is 0 Å². The Morgan fingerprint density at radius 1 is 1.03 bits per heavy atom. The van der Waals surface area contributed by atoms with Gasteiger partial charge in [0, 0.05) is 6.42 Å². The van der Waals surface area contributed by atoms with E-state index < -0.39 is 8.32 Å². The Labute approximate surface area is 189 Å². The number of esters is 1. The first-order chi connectivity index (χ1) is 13.8. The molecule has 0 saturated carbocycles. The number of ether oxygens (including phenoxy) is 1. The lowest BCUT2D eigenvalue weighted by molar-refractivity contribution is -0.140. The predicted octanol–water partition coefficient (Wildman–Crippen LogP) is 5.22. The first-order valence-corrected chi connectivity index (χ1v) is 13.1. The molecule has 156 valence electrons. The standard InChI is InChI=1S/C24H31IO3Si/c1-24(2,3)29(21-13-7-5-8-14-21,22-15-9-6-10-16-22)28-20(18-19-25)12-11-17-23(26)27-4/h5-10,13-16,18-20H,11-12,17H2,1-4H3/b19-18+/t20-/m0/s1. The Morgan fingerprint density at radius 2 is 1.55 bits per heavy atom. The summed E-state index contributed by atoms with van der Waals surface area (Å²) in [6, 6.07) is 21.3. The van der Waals surface area contributed by atoms with Crippen molar-refractivity contribution in [1.29, 1.82) is 0 Å². The second-order valence-corrected chi connectivity index (χ2v) is 13.1. The summed E-state index contributed by atoms with van der Waals surface area (Å²) in [4.78, 5) is 11.6. The lowest BCUT2D eigenvalue weighted by Crippen LogP contribution is -2.67. The molecule has 5 heteroatoms. The van der Waals surface area contributed by atoms with Crippen LogP contribution in [0, 0.1) is 0 Å². The van der Waals surface area contributed by atoms with Crippen molar-refractivity contribution in [3.05, 3.63) is 70.8 Å². The third-order valence-electron chi connectivity index (χ3n) is 5.13. The number of hydrogen-bond donors (Lipinski definition) is 0. The van der Waals surface area contributed by atoms with Gasteiger partial charge in [-0.25, -0.2) is 0 Å². The Kier molecular flexibility index (Phi) is 9.11. The monoisotopic (exact) mass is 522 g/mol. The molecule has 0 amide bonds. The molecular formula is C24H31IO3Si. The van der Waals surface area contributed by atoms with Crippen molar-refractivity contribution in [3.8, 4) is 0 Å². The fourth-order valence-electron chi connectivity index (χ4n) is 3.74. The van der Waals surface area contributed by atoms with E-state index in [0.29, 0.717) is 6.42 Å². The van der Waals surface area contributed by atoms with Crippen LogP contribution < -0.4 is 10.4 Å². The zero-order chi connectivity index (χ0) is 21.3. The van der Waals surface area contributed by atoms with Gasteiger partial charge in [0.05, 0.1) is 13.2 Å². The van der Waals surface area contributed by atoms with Crippen LogP contribution in [0.3, 0.4) is 0 Å². The summed E-state index contributed by atoms with van der Waals surface area (Å²) in [7, 11) is -1.17. The van der Waals surface area contributed by atoms with Crippen LogP contribution >= 0.6 is 22.6 Å². The number of hydrogen-bond acceptors (Lipinski definition) is 3. The molecule has 0 aromatic heterocycles. The zero-order valence-corrected chi connectivity index (χ0v) is 20.9. The average molecular weight is 522 g/mol. The average Bonchev–Trinajstić information content (AvgIpc) is 2.72. The van der Waals surface area contributed by atoms with Gasteiger partial charge in [-0.2, -0.15) is 0 Å². The maximum atomic E-state index is 11.6. The van der Waals surface area contributed by atoms with E-state index in [1.54, 1.807) is 0 Å². The predicted molar refractivity (Wildman–Crippen MR) is 132 cm³/mol. The van der Waals surface area contributed by atoms with Gasteiger partial charge in [0.15, 0.2) is 0 Å². The number of carbonyl (C=O) groups excluding carboxylic acids is 1. The molecule has 0 saturated heterocycles. The smallest absolute Gasteiger partial charge is 0.305 e. The number of rotatable bonds is 9. The Morgan fingerprint density at radius 3 is 1.97 bits per heavy atom. The summed E-state index contributed by atoms with van der Waals surface area (Å²) in [6.07, 6.45) is 3.96. The number of benzene rings is 2. The van der Waals surface area contributed by atoms with Crippen LogP contribution in [0.15, 0.2) is 70.8 Å². The van der Waals surface area contributed by atoms with Gasteiger partial charge in [0.25, 0.3) is 8.32 Å². The summed E-state index contributed by atoms with van der Waals surface area (Å²) in [5.41, 5.74) is 0. The maximum absolute atomic E-state index is 11.6. The van der Waals surface area contributed by atoms with Crippen LogP contribution in [0.4, 0.5) is 0 Å². The molecule has 29 heavy (non-hydrogen) atoms. The van der Waals surface area contributed by atoms with Crippen LogP contribution in [0.2, 0.25) is 5.04 Å². The summed E-state index contributed by atoms with van der Waals surface area (Å²) in [5, 5.41) is 2.45. The molecule has 0 aliphatic rings. The molecule has 0 heterocycles. The highest BCUT2D eigenvalue weighted by Crippen LogP contribution is 2.38. The SMILES string of the molecule is COC(=O)CCC[C@@H](/C=C/I)O[Si](c1ccccc1)(c1ccccc1)C(C)(C)C. The minimum Gasteiger partial charge on any atom is -0.469 e. The second kappa shape index (κ2) is 11.1. The fraction of sp³-hybridized carbons (Fsp3) is 0.375. The van der Waals surface area contributed by atoms with Crippen LogP contribution in [-0.2, 0) is 14.0 Å². The van der Waals surface area contributed by atoms with Gasteiger partial charge in [-0.1, -0.05) is 110 Å². The third kappa shape index (κ3) is 6.02. The molecular weight excluding hydrogens is 491 g/mol. The third-order valence-corrected chi connectivity index (χ3v) is 10.6. The second-order valence-electron chi connectivity index (χ2n) is 8.11. The molecule has 0 spiro atoms. The van der Waals surface area contributed by atoms with E-state index >= 15 is 0 Å². The molecule has 0 N–H and O–H groups in total. The fourth-order valence-corrected chi connectivity index (χ4v) is 8.87. The molecule has 2 aromatic rings. The largest absolute Gasteiger partial charge is 0.469 e. The molecule has 1 atom stereocenters. The highest BCUT2D eigenvalue weighted by atomic mass is 127. The van der Waals surface area contributed by atoms with Gasteiger partial charge in [0.1, 0.15) is 0 Å². The number of halogens is 1. The maximum Gasteiger partial charge on any atom is 0.305 e. The van der Waals surface area contributed by atoms with Crippen LogP contribution in [0.1, 0.15) is 40.0 Å². The Balaban J connectivity index is 2.49. The highest BCUT2D eigenvalue weighted by Gasteiger charge is 2.51. The van der Waals surface area contributed by atoms with Crippen LogP contribution in [0.25, 0.3) is 0 Å². The lowest BCUT2D eigenvalue weighted by Gasteiger charge is -2.44. The van der Waals surface area contributed by atoms with Crippen molar-refractivity contribution < 1.29 is 14.0 Å². The van der Waals surface area contributed by atoms with Gasteiger partial charge in [-0.15, -0.1) is 0 Å². The van der Waals surface area contributed by atoms with Crippen molar-refractivity contribution >= 4 is 47.3 Å². The van der Waals surface area contributed by atoms with E-state index in [1.165, 1.54) is 17.5 Å². The van der Waals surface area contributed by atoms with Crippen molar-refractivity contribution in [3.63, 3.8) is 0 Å². The highest BCUT2D eigenvalue weighted by molar-refractivity contribution is 14.1. The van der Waals surface area contributed by atoms with E-state index in [9.17, 15) is 4.79 Å². The van der Waals surface area contributed by atoms with Crippen molar-refractivity contribution in [2.75, 3.05) is 7.11 Å². The van der Waals surface area contributed by atoms with Crippen molar-refractivity contribution in [2.45, 2.75) is 51.2 Å². The normalized spacial score (nSPS) is 13.4. The molecule has 2 aromatic carbocycles. The van der Waals surface area contributed by atoms with Gasteiger partial charge in [-0.3, -0.25) is 4.79 Å². The molecule has 0 fully saturated rings. The minimum absolute atomic E-state index is 0.0668. The lowest BCUT2D eigenvalue weighted by atomic mass is 10.1. The van der Waals surface area contributed by atoms with Gasteiger partial charge < -0.3 is 9.16 Å². The van der Waals surface area contributed by atoms with E-state index in [2.05, 4.69) is 110 Å². The Hall–Kier alpha value is -1.44. The first-order valence-electron chi connectivity index (χ1n) is 9.97. The molecule has 0 aliphatic carbocycles.